The van der Waals surface area contributed by atoms with E-state index in [-0.39, 0.29) is 6.54 Å². The Hall–Kier alpha value is -1.89. The summed E-state index contributed by atoms with van der Waals surface area (Å²) in [6.07, 6.45) is 29.2. The van der Waals surface area contributed by atoms with Crippen LogP contribution in [-0.4, -0.2) is 62.4 Å². The number of hydrogen-bond acceptors (Lipinski definition) is 3. The molecule has 7 nitrogen and oxygen atoms in total. The molecule has 0 bridgehead atoms. The van der Waals surface area contributed by atoms with E-state index in [1.54, 1.807) is 0 Å². The van der Waals surface area contributed by atoms with Gasteiger partial charge in [0.15, 0.2) is 18.1 Å². The maximum absolute atomic E-state index is 11.8. The second kappa shape index (κ2) is 23.8. The minimum absolute atomic E-state index is 0.221. The van der Waals surface area contributed by atoms with Gasteiger partial charge in [-0.25, -0.2) is 14.4 Å². The van der Waals surface area contributed by atoms with Crippen LogP contribution in [0.2, 0.25) is 0 Å². The molecule has 0 aliphatic heterocycles. The van der Waals surface area contributed by atoms with E-state index in [4.69, 9.17) is 0 Å². The zero-order valence-electron chi connectivity index (χ0n) is 26.2. The van der Waals surface area contributed by atoms with Crippen LogP contribution in [-0.2, 0) is 14.4 Å². The summed E-state index contributed by atoms with van der Waals surface area (Å²) in [5.74, 6) is -3.52. The summed E-state index contributed by atoms with van der Waals surface area (Å²) in [5.41, 5.74) is 0. The number of nitrogens with zero attached hydrogens (tertiary/aromatic N) is 1. The Balaban J connectivity index is 4.01. The van der Waals surface area contributed by atoms with Crippen molar-refractivity contribution in [1.29, 1.82) is 0 Å². The van der Waals surface area contributed by atoms with Crippen molar-refractivity contribution in [3.63, 3.8) is 0 Å². The third-order valence-corrected chi connectivity index (χ3v) is 8.79. The molecule has 0 aliphatic rings. The fourth-order valence-electron chi connectivity index (χ4n) is 5.90. The molecule has 0 saturated heterocycles. The van der Waals surface area contributed by atoms with Gasteiger partial charge >= 0.3 is 17.9 Å². The summed E-state index contributed by atoms with van der Waals surface area (Å²) in [6, 6.07) is -3.37. The van der Waals surface area contributed by atoms with E-state index >= 15 is 0 Å². The smallest absolute Gasteiger partial charge is 0.362 e. The highest BCUT2D eigenvalue weighted by Crippen LogP contribution is 2.27. The molecule has 0 radical (unpaired) electrons. The summed E-state index contributed by atoms with van der Waals surface area (Å²) >= 11 is 0. The maximum Gasteiger partial charge on any atom is 0.362 e. The normalized spacial score (nSPS) is 15.5. The van der Waals surface area contributed by atoms with Crippen molar-refractivity contribution in [2.24, 2.45) is 0 Å². The van der Waals surface area contributed by atoms with Crippen LogP contribution >= 0.6 is 0 Å². The quantitative estimate of drug-likeness (QED) is 0.0495. The first kappa shape index (κ1) is 38.1. The van der Waals surface area contributed by atoms with Crippen LogP contribution in [0.25, 0.3) is 0 Å². The lowest BCUT2D eigenvalue weighted by molar-refractivity contribution is -0.968. The summed E-state index contributed by atoms with van der Waals surface area (Å²) in [4.78, 5) is 35.5. The average Bonchev–Trinajstić information content (AvgIpc) is 2.92. The van der Waals surface area contributed by atoms with E-state index < -0.39 is 40.5 Å². The minimum Gasteiger partial charge on any atom is -0.477 e. The van der Waals surface area contributed by atoms with Crippen molar-refractivity contribution >= 4 is 17.9 Å². The molecule has 234 valence electrons. The van der Waals surface area contributed by atoms with Gasteiger partial charge in [0.05, 0.1) is 6.54 Å². The van der Waals surface area contributed by atoms with E-state index in [0.29, 0.717) is 6.42 Å². The Kier molecular flexibility index (Phi) is 22.7. The molecule has 3 unspecified atom stereocenters. The third kappa shape index (κ3) is 15.8. The number of hydrogen-bond donors (Lipinski definition) is 3. The fourth-order valence-corrected chi connectivity index (χ4v) is 5.90. The number of carbonyl (C=O) groups is 3. The number of allylic oxidation sites excluding steroid dienone is 2. The van der Waals surface area contributed by atoms with E-state index in [2.05, 4.69) is 19.1 Å². The van der Waals surface area contributed by atoms with Crippen LogP contribution in [0.3, 0.4) is 0 Å². The molecule has 0 spiro atoms. The molecular weight excluding hydrogens is 506 g/mol. The Morgan fingerprint density at radius 2 is 0.775 bits per heavy atom. The predicted octanol–water partition coefficient (Wildman–Crippen LogP) is 8.60. The van der Waals surface area contributed by atoms with Crippen molar-refractivity contribution in [3.8, 4) is 0 Å². The van der Waals surface area contributed by atoms with Gasteiger partial charge in [-0.15, -0.1) is 0 Å². The molecular formula is C33H62NO6+. The molecule has 0 aliphatic carbocycles. The zero-order valence-corrected chi connectivity index (χ0v) is 26.2. The molecule has 3 N–H and O–H groups in total. The SMILES string of the molecule is CCCCCCCCCCCCC/C=C\CCCCCCCCC[N+](C(C)C(=O)O)(C(C)C(=O)O)C(C)C(=O)O. The summed E-state index contributed by atoms with van der Waals surface area (Å²) in [6.45, 7) is 6.76. The van der Waals surface area contributed by atoms with Crippen LogP contribution in [0, 0.1) is 0 Å². The monoisotopic (exact) mass is 568 g/mol. The van der Waals surface area contributed by atoms with Gasteiger partial charge in [0, 0.05) is 0 Å². The molecule has 0 heterocycles. The molecule has 0 aromatic heterocycles. The molecule has 0 amide bonds. The number of rotatable bonds is 28. The van der Waals surface area contributed by atoms with Crippen molar-refractivity contribution in [1.82, 2.24) is 0 Å². The van der Waals surface area contributed by atoms with Gasteiger partial charge in [0.25, 0.3) is 0 Å². The number of unbranched alkanes of at least 4 members (excludes halogenated alkanes) is 18. The molecule has 7 heteroatoms. The Morgan fingerprint density at radius 1 is 0.500 bits per heavy atom. The first-order valence-corrected chi connectivity index (χ1v) is 16.3. The number of carboxylic acid groups (broad SMARTS) is 3. The number of aliphatic carboxylic acids is 3. The van der Waals surface area contributed by atoms with Crippen molar-refractivity contribution < 1.29 is 34.2 Å². The lowest BCUT2D eigenvalue weighted by Crippen LogP contribution is -2.70. The van der Waals surface area contributed by atoms with Gasteiger partial charge in [-0.05, 0) is 59.3 Å². The maximum atomic E-state index is 11.8. The topological polar surface area (TPSA) is 112 Å². The third-order valence-electron chi connectivity index (χ3n) is 8.79. The molecule has 0 aromatic carbocycles. The van der Waals surface area contributed by atoms with Gasteiger partial charge in [-0.1, -0.05) is 109 Å². The van der Waals surface area contributed by atoms with Crippen molar-refractivity contribution in [3.05, 3.63) is 12.2 Å². The lowest BCUT2D eigenvalue weighted by Gasteiger charge is -2.47. The molecule has 0 aromatic rings. The highest BCUT2D eigenvalue weighted by Gasteiger charge is 2.52. The number of carboxylic acids is 3. The Labute approximate surface area is 245 Å². The van der Waals surface area contributed by atoms with Gasteiger partial charge in [-0.3, -0.25) is 4.48 Å². The van der Waals surface area contributed by atoms with Crippen LogP contribution in [0.4, 0.5) is 0 Å². The molecule has 3 atom stereocenters. The van der Waals surface area contributed by atoms with Gasteiger partial charge in [0.2, 0.25) is 0 Å². The highest BCUT2D eigenvalue weighted by molar-refractivity contribution is 5.77. The van der Waals surface area contributed by atoms with Crippen molar-refractivity contribution in [2.75, 3.05) is 6.54 Å². The van der Waals surface area contributed by atoms with E-state index in [9.17, 15) is 29.7 Å². The first-order valence-electron chi connectivity index (χ1n) is 16.3. The number of quaternary nitrogens is 1. The van der Waals surface area contributed by atoms with Crippen LogP contribution in [0.15, 0.2) is 12.2 Å². The van der Waals surface area contributed by atoms with Crippen molar-refractivity contribution in [2.45, 2.75) is 174 Å². The Bertz CT molecular complexity index is 657. The van der Waals surface area contributed by atoms with Gasteiger partial charge < -0.3 is 15.3 Å². The van der Waals surface area contributed by atoms with Crippen LogP contribution in [0.5, 0.6) is 0 Å². The van der Waals surface area contributed by atoms with E-state index in [0.717, 1.165) is 32.1 Å². The van der Waals surface area contributed by atoms with Gasteiger partial charge in [-0.2, -0.15) is 0 Å². The second-order valence-corrected chi connectivity index (χ2v) is 11.8. The predicted molar refractivity (Wildman–Crippen MR) is 164 cm³/mol. The minimum atomic E-state index is -1.17. The molecule has 40 heavy (non-hydrogen) atoms. The van der Waals surface area contributed by atoms with Gasteiger partial charge in [0.1, 0.15) is 0 Å². The second-order valence-electron chi connectivity index (χ2n) is 11.8. The molecule has 0 fully saturated rings. The summed E-state index contributed by atoms with van der Waals surface area (Å²) in [5, 5.41) is 29.0. The lowest BCUT2D eigenvalue weighted by atomic mass is 10.00. The Morgan fingerprint density at radius 3 is 1.07 bits per heavy atom. The fraction of sp³-hybridized carbons (Fsp3) is 0.848. The van der Waals surface area contributed by atoms with Crippen LogP contribution in [0.1, 0.15) is 156 Å². The first-order chi connectivity index (χ1) is 19.1. The largest absolute Gasteiger partial charge is 0.477 e. The summed E-state index contributed by atoms with van der Waals surface area (Å²) in [7, 11) is 0. The summed E-state index contributed by atoms with van der Waals surface area (Å²) < 4.78 is -0.481. The standard InChI is InChI=1S/C33H61NO6/c1-5-6-7-8-9-10-11-12-13-14-15-16-17-18-19-20-21-22-23-24-25-26-27-34(28(2)31(35)36,29(3)32(37)38)30(4)33(39)40/h17-18,28-30H,5-16,19-27H2,1-4H3,(H2-,35,36,37,38,39,40)/p+1/b18-17-. The average molecular weight is 569 g/mol. The van der Waals surface area contributed by atoms with E-state index in [1.807, 2.05) is 0 Å². The highest BCUT2D eigenvalue weighted by atomic mass is 16.4. The molecule has 0 saturated carbocycles. The zero-order chi connectivity index (χ0) is 30.2. The molecule has 0 rings (SSSR count). The van der Waals surface area contributed by atoms with E-state index in [1.165, 1.54) is 111 Å². The van der Waals surface area contributed by atoms with Crippen LogP contribution < -0.4 is 0 Å².